The zero-order valence-corrected chi connectivity index (χ0v) is 24.1. The molecule has 1 N–H and O–H groups in total. The standard InChI is InChI=1S/C34H30N4O4S/c39-32(40)31-29-20-19-26(37(29)34(42)36(24-12-3-1-4-13-24)25-14-5-2-6-15-25)21-35(31)33(41)38-27-16-8-7-11-23(27)22-43-30-18-10-9-17-28(30)38/h1-18,26,29,31H,19-22H2,(H,39,40)/t26-,29+,31-/m0/s1. The van der Waals surface area contributed by atoms with Gasteiger partial charge in [0.05, 0.1) is 34.8 Å². The maximum atomic E-state index is 14.6. The highest BCUT2D eigenvalue weighted by molar-refractivity contribution is 7.98. The van der Waals surface area contributed by atoms with Crippen molar-refractivity contribution in [3.63, 3.8) is 0 Å². The Bertz CT molecular complexity index is 1600. The normalized spacial score (nSPS) is 20.6. The highest BCUT2D eigenvalue weighted by Gasteiger charge is 2.54. The Morgan fingerprint density at radius 3 is 2.02 bits per heavy atom. The molecule has 0 saturated carbocycles. The fraction of sp³-hybridized carbons (Fsp3) is 0.206. The van der Waals surface area contributed by atoms with Gasteiger partial charge in [-0.2, -0.15) is 0 Å². The zero-order valence-electron chi connectivity index (χ0n) is 23.3. The smallest absolute Gasteiger partial charge is 0.330 e. The molecule has 4 amide bonds. The largest absolute Gasteiger partial charge is 0.480 e. The van der Waals surface area contributed by atoms with Crippen molar-refractivity contribution < 1.29 is 19.5 Å². The number of fused-ring (bicyclic) bond motifs is 4. The Morgan fingerprint density at radius 1 is 0.744 bits per heavy atom. The Kier molecular flexibility index (Phi) is 7.02. The minimum Gasteiger partial charge on any atom is -0.480 e. The summed E-state index contributed by atoms with van der Waals surface area (Å²) in [5, 5.41) is 10.6. The molecule has 4 aromatic carbocycles. The first-order valence-corrected chi connectivity index (χ1v) is 15.4. The quantitative estimate of drug-likeness (QED) is 0.275. The van der Waals surface area contributed by atoms with Gasteiger partial charge in [-0.3, -0.25) is 9.80 Å². The first-order valence-electron chi connectivity index (χ1n) is 14.4. The van der Waals surface area contributed by atoms with Crippen LogP contribution < -0.4 is 9.80 Å². The molecule has 0 spiro atoms. The number of carboxylic acids is 1. The van der Waals surface area contributed by atoms with Crippen molar-refractivity contribution in [2.45, 2.75) is 41.6 Å². The number of hydrogen-bond donors (Lipinski definition) is 1. The molecule has 3 aliphatic rings. The average molecular weight is 591 g/mol. The maximum Gasteiger partial charge on any atom is 0.330 e. The predicted molar refractivity (Wildman–Crippen MR) is 167 cm³/mol. The number of anilines is 4. The number of para-hydroxylation sites is 4. The summed E-state index contributed by atoms with van der Waals surface area (Å²) in [5.41, 5.74) is 3.87. The van der Waals surface area contributed by atoms with E-state index < -0.39 is 18.1 Å². The number of piperazine rings is 1. The van der Waals surface area contributed by atoms with Crippen LogP contribution in [0.1, 0.15) is 18.4 Å². The molecule has 216 valence electrons. The van der Waals surface area contributed by atoms with Crippen molar-refractivity contribution in [3.8, 4) is 0 Å². The van der Waals surface area contributed by atoms with E-state index in [1.165, 1.54) is 4.90 Å². The van der Waals surface area contributed by atoms with E-state index in [2.05, 4.69) is 0 Å². The molecule has 0 aliphatic carbocycles. The van der Waals surface area contributed by atoms with E-state index in [1.807, 2.05) is 109 Å². The van der Waals surface area contributed by atoms with Gasteiger partial charge in [-0.05, 0) is 60.9 Å². The summed E-state index contributed by atoms with van der Waals surface area (Å²) in [6, 6.07) is 31.4. The Morgan fingerprint density at radius 2 is 1.35 bits per heavy atom. The second-order valence-electron chi connectivity index (χ2n) is 10.9. The maximum absolute atomic E-state index is 14.6. The predicted octanol–water partition coefficient (Wildman–Crippen LogP) is 7.11. The summed E-state index contributed by atoms with van der Waals surface area (Å²) in [7, 11) is 0. The number of benzene rings is 4. The van der Waals surface area contributed by atoms with Crippen molar-refractivity contribution in [1.29, 1.82) is 0 Å². The molecule has 2 bridgehead atoms. The molecule has 9 heteroatoms. The van der Waals surface area contributed by atoms with Crippen molar-refractivity contribution in [2.75, 3.05) is 16.3 Å². The topological polar surface area (TPSA) is 84.4 Å². The lowest BCUT2D eigenvalue weighted by Crippen LogP contribution is -2.67. The van der Waals surface area contributed by atoms with Gasteiger partial charge >= 0.3 is 18.0 Å². The number of nitrogens with zero attached hydrogens (tertiary/aromatic N) is 4. The van der Waals surface area contributed by atoms with Crippen LogP contribution in [0, 0.1) is 0 Å². The van der Waals surface area contributed by atoms with Crippen LogP contribution in [0.3, 0.4) is 0 Å². The number of rotatable bonds is 3. The lowest BCUT2D eigenvalue weighted by Gasteiger charge is -2.47. The number of amides is 4. The van der Waals surface area contributed by atoms with Gasteiger partial charge < -0.3 is 14.9 Å². The summed E-state index contributed by atoms with van der Waals surface area (Å²) < 4.78 is 0. The van der Waals surface area contributed by atoms with Crippen molar-refractivity contribution in [3.05, 3.63) is 115 Å². The third-order valence-corrected chi connectivity index (χ3v) is 9.62. The Balaban J connectivity index is 1.27. The SMILES string of the molecule is O=C(O)[C@@H]1[C@H]2CC[C@@H](CN1C(=O)N1c3ccccc3CSc3ccccc31)N2C(=O)N(c1ccccc1)c1ccccc1. The van der Waals surface area contributed by atoms with E-state index >= 15 is 0 Å². The van der Waals surface area contributed by atoms with E-state index in [1.54, 1.807) is 26.5 Å². The van der Waals surface area contributed by atoms with Crippen molar-refractivity contribution in [2.24, 2.45) is 0 Å². The number of carboxylic acid groups (broad SMARTS) is 1. The third-order valence-electron chi connectivity index (χ3n) is 8.51. The van der Waals surface area contributed by atoms with Gasteiger partial charge in [0.1, 0.15) is 0 Å². The molecule has 3 heterocycles. The van der Waals surface area contributed by atoms with Crippen LogP contribution >= 0.6 is 11.8 Å². The van der Waals surface area contributed by atoms with Crippen LogP contribution in [-0.2, 0) is 10.5 Å². The fourth-order valence-corrected chi connectivity index (χ4v) is 7.65. The van der Waals surface area contributed by atoms with Gasteiger partial charge in [-0.1, -0.05) is 66.7 Å². The van der Waals surface area contributed by atoms with Gasteiger partial charge in [-0.15, -0.1) is 11.8 Å². The molecule has 3 aliphatic heterocycles. The van der Waals surface area contributed by atoms with Crippen LogP contribution in [-0.4, -0.2) is 57.6 Å². The van der Waals surface area contributed by atoms with E-state index in [4.69, 9.17) is 0 Å². The van der Waals surface area contributed by atoms with Gasteiger partial charge in [0.25, 0.3) is 0 Å². The molecular formula is C34H30N4O4S. The van der Waals surface area contributed by atoms with E-state index in [0.717, 1.165) is 21.8 Å². The highest BCUT2D eigenvalue weighted by atomic mass is 32.2. The van der Waals surface area contributed by atoms with Crippen LogP contribution in [0.2, 0.25) is 0 Å². The minimum atomic E-state index is -1.20. The number of carbonyl (C=O) groups is 3. The van der Waals surface area contributed by atoms with Crippen LogP contribution in [0.25, 0.3) is 0 Å². The molecular weight excluding hydrogens is 560 g/mol. The molecule has 2 fully saturated rings. The molecule has 2 saturated heterocycles. The number of urea groups is 2. The fourth-order valence-electron chi connectivity index (χ4n) is 6.62. The van der Waals surface area contributed by atoms with E-state index in [-0.39, 0.29) is 24.6 Å². The van der Waals surface area contributed by atoms with Crippen LogP contribution in [0.4, 0.5) is 32.3 Å². The van der Waals surface area contributed by atoms with Gasteiger partial charge in [0, 0.05) is 17.2 Å². The highest BCUT2D eigenvalue weighted by Crippen LogP contribution is 2.45. The summed E-state index contributed by atoms with van der Waals surface area (Å²) >= 11 is 1.66. The summed E-state index contributed by atoms with van der Waals surface area (Å²) in [5.74, 6) is -0.421. The Hall–Kier alpha value is -4.76. The molecule has 0 unspecified atom stereocenters. The monoisotopic (exact) mass is 590 g/mol. The summed E-state index contributed by atoms with van der Waals surface area (Å²) in [6.07, 6.45) is 1.11. The minimum absolute atomic E-state index is 0.128. The average Bonchev–Trinajstić information content (AvgIpc) is 3.23. The first kappa shape index (κ1) is 27.1. The first-order chi connectivity index (χ1) is 21.0. The van der Waals surface area contributed by atoms with Gasteiger partial charge in [0.2, 0.25) is 0 Å². The van der Waals surface area contributed by atoms with Crippen molar-refractivity contribution >= 4 is 52.5 Å². The molecule has 43 heavy (non-hydrogen) atoms. The summed E-state index contributed by atoms with van der Waals surface area (Å²) in [6.45, 7) is 0.128. The van der Waals surface area contributed by atoms with Gasteiger partial charge in [0.15, 0.2) is 6.04 Å². The second kappa shape index (κ2) is 11.1. The van der Waals surface area contributed by atoms with Crippen LogP contribution in [0.5, 0.6) is 0 Å². The lowest BCUT2D eigenvalue weighted by molar-refractivity contribution is -0.145. The molecule has 0 radical (unpaired) electrons. The Labute approximate surface area is 254 Å². The molecule has 4 aromatic rings. The molecule has 7 rings (SSSR count). The molecule has 3 atom stereocenters. The zero-order chi connectivity index (χ0) is 29.5. The second-order valence-corrected chi connectivity index (χ2v) is 12.0. The number of aliphatic carboxylic acids is 1. The number of carbonyl (C=O) groups excluding carboxylic acids is 2. The van der Waals surface area contributed by atoms with Crippen molar-refractivity contribution in [1.82, 2.24) is 9.80 Å². The number of thioether (sulfide) groups is 1. The van der Waals surface area contributed by atoms with E-state index in [0.29, 0.717) is 30.0 Å². The number of likely N-dealkylation sites (tertiary alicyclic amines) is 1. The van der Waals surface area contributed by atoms with Gasteiger partial charge in [-0.25, -0.2) is 14.4 Å². The van der Waals surface area contributed by atoms with Crippen LogP contribution in [0.15, 0.2) is 114 Å². The summed E-state index contributed by atoms with van der Waals surface area (Å²) in [4.78, 5) is 49.5. The van der Waals surface area contributed by atoms with E-state index in [9.17, 15) is 19.5 Å². The number of hydrogen-bond acceptors (Lipinski definition) is 4. The lowest BCUT2D eigenvalue weighted by atomic mass is 10.0. The third kappa shape index (κ3) is 4.70. The molecule has 8 nitrogen and oxygen atoms in total. The molecule has 0 aromatic heterocycles.